The molecule has 181 valence electrons. The van der Waals surface area contributed by atoms with Gasteiger partial charge >= 0.3 is 0 Å². The molecule has 0 saturated carbocycles. The first-order chi connectivity index (χ1) is 15.0. The van der Waals surface area contributed by atoms with Crippen LogP contribution in [0, 0.1) is 6.07 Å². The lowest BCUT2D eigenvalue weighted by Crippen LogP contribution is -2.41. The Morgan fingerprint density at radius 3 is 1.88 bits per heavy atom. The van der Waals surface area contributed by atoms with Crippen molar-refractivity contribution >= 4 is 44.7 Å². The zero-order valence-corrected chi connectivity index (χ0v) is 25.8. The van der Waals surface area contributed by atoms with Gasteiger partial charge < -0.3 is 8.85 Å². The van der Waals surface area contributed by atoms with Crippen molar-refractivity contribution in [3.8, 4) is 0 Å². The number of hydrogen-bond acceptors (Lipinski definition) is 2. The van der Waals surface area contributed by atoms with Crippen LogP contribution in [-0.4, -0.2) is 16.6 Å². The van der Waals surface area contributed by atoms with Gasteiger partial charge in [-0.3, -0.25) is 0 Å². The first-order valence-corrected chi connectivity index (χ1v) is 18.4. The van der Waals surface area contributed by atoms with Crippen molar-refractivity contribution < 1.29 is 8.85 Å². The highest BCUT2D eigenvalue weighted by Gasteiger charge is 2.38. The van der Waals surface area contributed by atoms with Crippen LogP contribution in [-0.2, 0) is 22.1 Å². The molecule has 33 heavy (non-hydrogen) atoms. The van der Waals surface area contributed by atoms with Crippen molar-refractivity contribution in [3.05, 3.63) is 69.2 Å². The highest BCUT2D eigenvalue weighted by atomic mass is 79.9. The van der Waals surface area contributed by atoms with Crippen LogP contribution in [0.15, 0.2) is 40.9 Å². The van der Waals surface area contributed by atoms with Crippen molar-refractivity contribution in [1.29, 1.82) is 0 Å². The fourth-order valence-corrected chi connectivity index (χ4v) is 5.01. The van der Waals surface area contributed by atoms with E-state index in [0.717, 1.165) is 15.6 Å². The van der Waals surface area contributed by atoms with Gasteiger partial charge in [0.2, 0.25) is 0 Å². The van der Waals surface area contributed by atoms with Crippen molar-refractivity contribution in [1.82, 2.24) is 0 Å². The van der Waals surface area contributed by atoms with Crippen molar-refractivity contribution in [2.45, 2.75) is 91.0 Å². The van der Waals surface area contributed by atoms with Crippen LogP contribution >= 0.6 is 15.9 Å². The Labute approximate surface area is 213 Å². The summed E-state index contributed by atoms with van der Waals surface area (Å²) in [6, 6.07) is 15.9. The molecule has 0 bridgehead atoms. The monoisotopic (exact) mass is 545 g/mol. The third-order valence-corrected chi connectivity index (χ3v) is 16.9. The average molecular weight is 547 g/mol. The van der Waals surface area contributed by atoms with Gasteiger partial charge in [-0.25, -0.2) is 0 Å². The van der Waals surface area contributed by atoms with Gasteiger partial charge in [0.05, 0.1) is 13.2 Å². The molecule has 0 aliphatic heterocycles. The predicted octanol–water partition coefficient (Wildman–Crippen LogP) is 9.46. The SMILES string of the molecule is CC(C)(C)[Si](C)(C)OCc1ccc(C=Cc2[c]cccc2Br)cc1CO[Si](C)(C)C(C)(C)C. The predicted molar refractivity (Wildman–Crippen MR) is 152 cm³/mol. The number of halogens is 1. The molecule has 0 aromatic heterocycles. The second kappa shape index (κ2) is 10.7. The Hall–Kier alpha value is -0.986. The van der Waals surface area contributed by atoms with E-state index < -0.39 is 16.6 Å². The summed E-state index contributed by atoms with van der Waals surface area (Å²) < 4.78 is 14.2. The lowest BCUT2D eigenvalue weighted by molar-refractivity contribution is 0.257. The molecule has 0 aliphatic carbocycles. The molecular weight excluding hydrogens is 504 g/mol. The van der Waals surface area contributed by atoms with Gasteiger partial charge in [0.1, 0.15) is 0 Å². The van der Waals surface area contributed by atoms with Gasteiger partial charge in [0, 0.05) is 4.47 Å². The van der Waals surface area contributed by atoms with Crippen molar-refractivity contribution in [2.75, 3.05) is 0 Å². The van der Waals surface area contributed by atoms with Crippen LogP contribution in [0.2, 0.25) is 36.3 Å². The standard InChI is InChI=1S/C28H42BrO2Si2/c1-27(2,3)32(7,8)30-20-24-18-16-22(15-17-23-13-11-12-14-26(23)29)19-25(24)21-31-33(9,10)28(4,5)6/h11-12,14-19H,20-21H2,1-10H3. The normalized spacial score (nSPS) is 13.7. The second-order valence-electron chi connectivity index (χ2n) is 11.9. The fraction of sp³-hybridized carbons (Fsp3) is 0.500. The van der Waals surface area contributed by atoms with Crippen LogP contribution in [0.3, 0.4) is 0 Å². The summed E-state index contributed by atoms with van der Waals surface area (Å²) in [7, 11) is -3.69. The molecular formula is C28H42BrO2Si2. The van der Waals surface area contributed by atoms with Gasteiger partial charge in [-0.05, 0) is 76.7 Å². The Balaban J connectivity index is 2.33. The van der Waals surface area contributed by atoms with Crippen LogP contribution < -0.4 is 0 Å². The van der Waals surface area contributed by atoms with Crippen LogP contribution in [0.25, 0.3) is 12.2 Å². The minimum Gasteiger partial charge on any atom is -0.413 e. The molecule has 0 amide bonds. The molecule has 2 aromatic rings. The maximum absolute atomic E-state index is 6.61. The summed E-state index contributed by atoms with van der Waals surface area (Å²) in [6.07, 6.45) is 4.24. The summed E-state index contributed by atoms with van der Waals surface area (Å²) in [5, 5.41) is 0.366. The van der Waals surface area contributed by atoms with Crippen LogP contribution in [0.5, 0.6) is 0 Å². The molecule has 0 saturated heterocycles. The summed E-state index contributed by atoms with van der Waals surface area (Å²) in [5.74, 6) is 0. The van der Waals surface area contributed by atoms with Gasteiger partial charge in [-0.2, -0.15) is 0 Å². The van der Waals surface area contributed by atoms with Gasteiger partial charge in [-0.1, -0.05) is 93.9 Å². The van der Waals surface area contributed by atoms with E-state index in [9.17, 15) is 0 Å². The molecule has 2 rings (SSSR count). The molecule has 1 radical (unpaired) electrons. The Kier molecular flexibility index (Phi) is 9.19. The summed E-state index contributed by atoms with van der Waals surface area (Å²) in [4.78, 5) is 0. The molecule has 2 nitrogen and oxygen atoms in total. The fourth-order valence-electron chi connectivity index (χ4n) is 2.71. The molecule has 0 atom stereocenters. The van der Waals surface area contributed by atoms with E-state index >= 15 is 0 Å². The molecule has 0 aliphatic rings. The lowest BCUT2D eigenvalue weighted by atomic mass is 10.0. The van der Waals surface area contributed by atoms with Crippen molar-refractivity contribution in [3.63, 3.8) is 0 Å². The Morgan fingerprint density at radius 1 is 0.818 bits per heavy atom. The summed E-state index contributed by atoms with van der Waals surface area (Å²) in [5.41, 5.74) is 4.64. The topological polar surface area (TPSA) is 18.5 Å². The third kappa shape index (κ3) is 7.76. The molecule has 0 spiro atoms. The molecule has 0 N–H and O–H groups in total. The summed E-state index contributed by atoms with van der Waals surface area (Å²) in [6.45, 7) is 24.2. The lowest BCUT2D eigenvalue weighted by Gasteiger charge is -2.37. The van der Waals surface area contributed by atoms with E-state index in [4.69, 9.17) is 8.85 Å². The highest BCUT2D eigenvalue weighted by molar-refractivity contribution is 9.10. The molecule has 2 aromatic carbocycles. The minimum absolute atomic E-state index is 0.178. The van der Waals surface area contributed by atoms with Crippen LogP contribution in [0.1, 0.15) is 63.8 Å². The summed E-state index contributed by atoms with van der Waals surface area (Å²) >= 11 is 3.61. The van der Waals surface area contributed by atoms with E-state index in [1.165, 1.54) is 11.1 Å². The maximum Gasteiger partial charge on any atom is 0.192 e. The Bertz CT molecular complexity index is 967. The quantitative estimate of drug-likeness (QED) is 0.242. The van der Waals surface area contributed by atoms with Gasteiger partial charge in [-0.15, -0.1) is 0 Å². The van der Waals surface area contributed by atoms with Gasteiger partial charge in [0.25, 0.3) is 0 Å². The minimum atomic E-state index is -1.86. The van der Waals surface area contributed by atoms with Crippen LogP contribution in [0.4, 0.5) is 0 Å². The highest BCUT2D eigenvalue weighted by Crippen LogP contribution is 2.39. The van der Waals surface area contributed by atoms with Gasteiger partial charge in [0.15, 0.2) is 16.6 Å². The van der Waals surface area contributed by atoms with E-state index in [0.29, 0.717) is 13.2 Å². The number of hydrogen-bond donors (Lipinski definition) is 0. The zero-order valence-electron chi connectivity index (χ0n) is 22.2. The van der Waals surface area contributed by atoms with E-state index in [1.54, 1.807) is 0 Å². The molecule has 0 fully saturated rings. The van der Waals surface area contributed by atoms with Crippen molar-refractivity contribution in [2.24, 2.45) is 0 Å². The average Bonchev–Trinajstić information content (AvgIpc) is 2.69. The third-order valence-electron chi connectivity index (χ3n) is 7.30. The number of rotatable bonds is 8. The van der Waals surface area contributed by atoms with E-state index in [1.807, 2.05) is 18.2 Å². The smallest absolute Gasteiger partial charge is 0.192 e. The molecule has 5 heteroatoms. The first kappa shape index (κ1) is 28.3. The van der Waals surface area contributed by atoms with E-state index in [-0.39, 0.29) is 10.1 Å². The zero-order chi connectivity index (χ0) is 25.1. The Morgan fingerprint density at radius 2 is 1.36 bits per heavy atom. The molecule has 0 unspecified atom stereocenters. The number of benzene rings is 2. The largest absolute Gasteiger partial charge is 0.413 e. The molecule has 0 heterocycles. The van der Waals surface area contributed by atoms with E-state index in [2.05, 4.69) is 120 Å². The maximum atomic E-state index is 6.61. The first-order valence-electron chi connectivity index (χ1n) is 11.8. The second-order valence-corrected chi connectivity index (χ2v) is 22.4.